The number of carbonyl (C=O) groups is 4. The van der Waals surface area contributed by atoms with E-state index in [9.17, 15) is 19.2 Å². The molecular weight excluding hydrogens is 476 g/mol. The van der Waals surface area contributed by atoms with Crippen LogP contribution in [0.15, 0.2) is 18.2 Å². The van der Waals surface area contributed by atoms with Crippen molar-refractivity contribution < 1.29 is 28.7 Å². The quantitative estimate of drug-likeness (QED) is 0.377. The minimum absolute atomic E-state index is 0.00188. The monoisotopic (exact) mass is 508 g/mol. The molecule has 3 amide bonds. The number of cyclic esters (lactones) is 1. The lowest BCUT2D eigenvalue weighted by Gasteiger charge is -2.35. The fraction of sp³-hybridized carbons (Fsp3) is 0.583. The molecule has 1 aromatic rings. The van der Waals surface area contributed by atoms with Crippen molar-refractivity contribution in [1.82, 2.24) is 15.5 Å². The van der Waals surface area contributed by atoms with Gasteiger partial charge in [0.25, 0.3) is 5.91 Å². The Morgan fingerprint density at radius 1 is 1.31 bits per heavy atom. The Bertz CT molecular complexity index is 995. The van der Waals surface area contributed by atoms with Crippen LogP contribution in [0.4, 0.5) is 5.69 Å². The third kappa shape index (κ3) is 6.24. The number of carbonyl (C=O) groups excluding carboxylic acids is 4. The van der Waals surface area contributed by atoms with Gasteiger partial charge in [-0.05, 0) is 43.4 Å². The van der Waals surface area contributed by atoms with Gasteiger partial charge < -0.3 is 30.7 Å². The lowest BCUT2D eigenvalue weighted by atomic mass is 9.85. The smallest absolute Gasteiger partial charge is 0.310 e. The van der Waals surface area contributed by atoms with E-state index < -0.39 is 41.7 Å². The van der Waals surface area contributed by atoms with E-state index in [1.54, 1.807) is 6.92 Å². The summed E-state index contributed by atoms with van der Waals surface area (Å²) in [6.07, 6.45) is 0.255. The van der Waals surface area contributed by atoms with Crippen molar-refractivity contribution in [3.8, 4) is 0 Å². The number of rotatable bonds is 7. The molecule has 3 rings (SSSR count). The number of hydrogen-bond acceptors (Lipinski definition) is 7. The van der Waals surface area contributed by atoms with Crippen LogP contribution in [0.3, 0.4) is 0 Å². The van der Waals surface area contributed by atoms with Crippen molar-refractivity contribution in [2.75, 3.05) is 18.9 Å². The van der Waals surface area contributed by atoms with Crippen LogP contribution in [-0.4, -0.2) is 66.2 Å². The highest BCUT2D eigenvalue weighted by atomic mass is 35.5. The predicted molar refractivity (Wildman–Crippen MR) is 129 cm³/mol. The molecule has 4 atom stereocenters. The first kappa shape index (κ1) is 26.7. The maximum atomic E-state index is 13.6. The van der Waals surface area contributed by atoms with Gasteiger partial charge in [-0.2, -0.15) is 0 Å². The van der Waals surface area contributed by atoms with Crippen LogP contribution in [0.2, 0.25) is 5.02 Å². The van der Waals surface area contributed by atoms with E-state index in [0.29, 0.717) is 31.7 Å². The number of benzene rings is 1. The van der Waals surface area contributed by atoms with Crippen LogP contribution < -0.4 is 16.4 Å². The van der Waals surface area contributed by atoms with Gasteiger partial charge in [0, 0.05) is 18.7 Å². The van der Waals surface area contributed by atoms with Crippen LogP contribution in [-0.2, 0) is 23.9 Å². The van der Waals surface area contributed by atoms with E-state index in [-0.39, 0.29) is 28.8 Å². The van der Waals surface area contributed by atoms with Gasteiger partial charge in [-0.25, -0.2) is 0 Å². The minimum Gasteiger partial charge on any atom is -0.433 e. The van der Waals surface area contributed by atoms with Crippen LogP contribution in [0.25, 0.3) is 0 Å². The number of anilines is 1. The minimum atomic E-state index is -0.896. The molecule has 4 N–H and O–H groups in total. The van der Waals surface area contributed by atoms with Gasteiger partial charge in [0.2, 0.25) is 18.1 Å². The second-order valence-corrected chi connectivity index (χ2v) is 10.2. The highest BCUT2D eigenvalue weighted by Gasteiger charge is 2.44. The average Bonchev–Trinajstić information content (AvgIpc) is 3.39. The fourth-order valence-electron chi connectivity index (χ4n) is 4.25. The largest absolute Gasteiger partial charge is 0.433 e. The molecule has 0 aliphatic carbocycles. The molecule has 2 saturated heterocycles. The van der Waals surface area contributed by atoms with E-state index >= 15 is 0 Å². The van der Waals surface area contributed by atoms with E-state index in [2.05, 4.69) is 10.6 Å². The topological polar surface area (TPSA) is 140 Å². The van der Waals surface area contributed by atoms with Gasteiger partial charge in [-0.3, -0.25) is 19.2 Å². The number of nitrogens with zero attached hydrogens (tertiary/aromatic N) is 1. The van der Waals surface area contributed by atoms with Gasteiger partial charge in [0.15, 0.2) is 0 Å². The molecule has 2 fully saturated rings. The summed E-state index contributed by atoms with van der Waals surface area (Å²) in [5.74, 6) is -1.66. The first-order chi connectivity index (χ1) is 16.4. The number of amides is 3. The Kier molecular flexibility index (Phi) is 8.27. The molecule has 2 aliphatic rings. The standard InChI is InChI=1S/C24H33ClN4O6/c1-5-34-23-16(12-18(30)35-23)27-21(32)17-7-6-10-29(17)22(33)19(24(2,3)4)28-20(31)13-8-9-15(26)14(25)11-13/h8-9,11,16-17,19,23H,5-7,10,12,26H2,1-4H3,(H,27,32)(H,28,31)/t16?,17?,19?,23-/m1/s1. The van der Waals surface area contributed by atoms with E-state index in [1.165, 1.54) is 23.1 Å². The third-order valence-corrected chi connectivity index (χ3v) is 6.44. The van der Waals surface area contributed by atoms with Gasteiger partial charge in [0.1, 0.15) is 18.1 Å². The molecule has 0 aromatic heterocycles. The molecule has 0 radical (unpaired) electrons. The Hall–Kier alpha value is -2.85. The second-order valence-electron chi connectivity index (χ2n) is 9.83. The van der Waals surface area contributed by atoms with Crippen molar-refractivity contribution >= 4 is 41.0 Å². The summed E-state index contributed by atoms with van der Waals surface area (Å²) in [5, 5.41) is 5.86. The zero-order valence-electron chi connectivity index (χ0n) is 20.4. The van der Waals surface area contributed by atoms with Crippen LogP contribution in [0.1, 0.15) is 57.3 Å². The number of halogens is 1. The molecule has 2 heterocycles. The SMILES string of the molecule is CCO[C@@H]1OC(=O)CC1NC(=O)C1CCCN1C(=O)C(NC(=O)c1ccc(N)c(Cl)c1)C(C)(C)C. The Morgan fingerprint density at radius 2 is 2.03 bits per heavy atom. The first-order valence-electron chi connectivity index (χ1n) is 11.7. The Morgan fingerprint density at radius 3 is 2.66 bits per heavy atom. The maximum absolute atomic E-state index is 13.6. The van der Waals surface area contributed by atoms with Crippen LogP contribution in [0, 0.1) is 5.41 Å². The first-order valence-corrected chi connectivity index (χ1v) is 12.1. The molecule has 2 aliphatic heterocycles. The lowest BCUT2D eigenvalue weighted by Crippen LogP contribution is -2.58. The van der Waals surface area contributed by atoms with Gasteiger partial charge in [0.05, 0.1) is 17.1 Å². The zero-order valence-corrected chi connectivity index (χ0v) is 21.2. The summed E-state index contributed by atoms with van der Waals surface area (Å²) in [7, 11) is 0. The van der Waals surface area contributed by atoms with Crippen molar-refractivity contribution in [3.05, 3.63) is 28.8 Å². The highest BCUT2D eigenvalue weighted by molar-refractivity contribution is 6.33. The average molecular weight is 509 g/mol. The van der Waals surface area contributed by atoms with Gasteiger partial charge >= 0.3 is 5.97 Å². The molecule has 0 bridgehead atoms. The summed E-state index contributed by atoms with van der Waals surface area (Å²) in [6.45, 7) is 7.98. The highest BCUT2D eigenvalue weighted by Crippen LogP contribution is 2.27. The number of nitrogen functional groups attached to an aromatic ring is 1. The molecule has 1 aromatic carbocycles. The van der Waals surface area contributed by atoms with E-state index in [0.717, 1.165) is 0 Å². The van der Waals surface area contributed by atoms with Crippen molar-refractivity contribution in [2.24, 2.45) is 5.41 Å². The number of esters is 1. The van der Waals surface area contributed by atoms with E-state index in [1.807, 2.05) is 20.8 Å². The molecule has 0 spiro atoms. The van der Waals surface area contributed by atoms with Crippen molar-refractivity contribution in [1.29, 1.82) is 0 Å². The van der Waals surface area contributed by atoms with Crippen molar-refractivity contribution in [2.45, 2.75) is 71.4 Å². The Balaban J connectivity index is 1.74. The molecule has 35 heavy (non-hydrogen) atoms. The number of likely N-dealkylation sites (tertiary alicyclic amines) is 1. The number of ether oxygens (including phenoxy) is 2. The predicted octanol–water partition coefficient (Wildman–Crippen LogP) is 1.85. The second kappa shape index (κ2) is 10.8. The molecule has 10 nitrogen and oxygen atoms in total. The lowest BCUT2D eigenvalue weighted by molar-refractivity contribution is -0.164. The third-order valence-electron chi connectivity index (χ3n) is 6.11. The summed E-state index contributed by atoms with van der Waals surface area (Å²) < 4.78 is 10.5. The molecule has 11 heteroatoms. The van der Waals surface area contributed by atoms with Gasteiger partial charge in [-0.15, -0.1) is 0 Å². The van der Waals surface area contributed by atoms with Crippen LogP contribution in [0.5, 0.6) is 0 Å². The van der Waals surface area contributed by atoms with Crippen LogP contribution >= 0.6 is 11.6 Å². The molecule has 3 unspecified atom stereocenters. The summed E-state index contributed by atoms with van der Waals surface area (Å²) in [5.41, 5.74) is 5.71. The number of hydrogen-bond donors (Lipinski definition) is 3. The van der Waals surface area contributed by atoms with Crippen molar-refractivity contribution in [3.63, 3.8) is 0 Å². The normalized spacial score (nSPS) is 23.1. The maximum Gasteiger partial charge on any atom is 0.310 e. The summed E-state index contributed by atoms with van der Waals surface area (Å²) in [6, 6.07) is 2.26. The summed E-state index contributed by atoms with van der Waals surface area (Å²) in [4.78, 5) is 52.9. The Labute approximate surface area is 209 Å². The fourth-order valence-corrected chi connectivity index (χ4v) is 4.43. The summed E-state index contributed by atoms with van der Waals surface area (Å²) >= 11 is 6.05. The molecule has 192 valence electrons. The molecule has 0 saturated carbocycles. The molecular formula is C24H33ClN4O6. The van der Waals surface area contributed by atoms with Gasteiger partial charge in [-0.1, -0.05) is 32.4 Å². The zero-order chi connectivity index (χ0) is 25.9. The van der Waals surface area contributed by atoms with E-state index in [4.69, 9.17) is 26.8 Å². The number of nitrogens with one attached hydrogen (secondary N) is 2. The number of nitrogens with two attached hydrogens (primary N) is 1.